The highest BCUT2D eigenvalue weighted by Crippen LogP contribution is 2.26. The molecule has 4 heteroatoms. The third kappa shape index (κ3) is 3.87. The van der Waals surface area contributed by atoms with Crippen LogP contribution in [0.1, 0.15) is 50.7 Å². The monoisotopic (exact) mass is 253 g/mol. The van der Waals surface area contributed by atoms with Crippen molar-refractivity contribution in [2.75, 3.05) is 12.4 Å². The van der Waals surface area contributed by atoms with Crippen molar-refractivity contribution in [1.82, 2.24) is 9.97 Å². The van der Waals surface area contributed by atoms with Gasteiger partial charge < -0.3 is 5.32 Å². The number of hydrogen-bond acceptors (Lipinski definition) is 4. The first-order valence-corrected chi connectivity index (χ1v) is 7.17. The molecule has 1 aromatic heterocycles. The lowest BCUT2D eigenvalue weighted by molar-refractivity contribution is 0.820. The number of thioether (sulfide) groups is 1. The predicted octanol–water partition coefficient (Wildman–Crippen LogP) is 3.59. The molecular weight excluding hydrogens is 230 g/mol. The van der Waals surface area contributed by atoms with Crippen LogP contribution < -0.4 is 5.32 Å². The van der Waals surface area contributed by atoms with Gasteiger partial charge in [0.1, 0.15) is 11.6 Å². The average Bonchev–Trinajstić information content (AvgIpc) is 2.24. The topological polar surface area (TPSA) is 37.8 Å². The average molecular weight is 253 g/mol. The second-order valence-electron chi connectivity index (χ2n) is 4.75. The zero-order valence-corrected chi connectivity index (χ0v) is 12.5. The highest BCUT2D eigenvalue weighted by atomic mass is 32.2. The molecule has 0 spiro atoms. The maximum Gasteiger partial charge on any atom is 0.140 e. The Morgan fingerprint density at radius 2 is 1.82 bits per heavy atom. The molecule has 1 aromatic rings. The first-order valence-electron chi connectivity index (χ1n) is 6.12. The summed E-state index contributed by atoms with van der Waals surface area (Å²) in [6.45, 7) is 10.8. The van der Waals surface area contributed by atoms with Crippen LogP contribution in [0.25, 0.3) is 0 Å². The third-order valence-corrected chi connectivity index (χ3v) is 3.63. The fourth-order valence-corrected chi connectivity index (χ4v) is 2.44. The Hall–Kier alpha value is -0.770. The first-order chi connectivity index (χ1) is 7.95. The van der Waals surface area contributed by atoms with Crippen LogP contribution >= 0.6 is 11.8 Å². The van der Waals surface area contributed by atoms with Crippen LogP contribution in [-0.2, 0) is 5.75 Å². The number of nitrogens with zero attached hydrogens (tertiary/aromatic N) is 2. The molecule has 1 N–H and O–H groups in total. The summed E-state index contributed by atoms with van der Waals surface area (Å²) >= 11 is 1.87. The summed E-state index contributed by atoms with van der Waals surface area (Å²) < 4.78 is 0. The Morgan fingerprint density at radius 3 is 2.29 bits per heavy atom. The molecule has 17 heavy (non-hydrogen) atoms. The predicted molar refractivity (Wildman–Crippen MR) is 76.8 cm³/mol. The van der Waals surface area contributed by atoms with Crippen molar-refractivity contribution >= 4 is 17.6 Å². The molecule has 0 aliphatic heterocycles. The number of anilines is 1. The van der Waals surface area contributed by atoms with Crippen molar-refractivity contribution in [1.29, 1.82) is 0 Å². The van der Waals surface area contributed by atoms with Gasteiger partial charge in [0.25, 0.3) is 0 Å². The summed E-state index contributed by atoms with van der Waals surface area (Å²) in [6, 6.07) is 0. The molecular formula is C13H23N3S. The van der Waals surface area contributed by atoms with Gasteiger partial charge in [0.15, 0.2) is 0 Å². The van der Waals surface area contributed by atoms with E-state index in [9.17, 15) is 0 Å². The van der Waals surface area contributed by atoms with E-state index in [2.05, 4.69) is 49.9 Å². The normalized spacial score (nSPS) is 11.3. The molecule has 0 unspecified atom stereocenters. The van der Waals surface area contributed by atoms with Crippen molar-refractivity contribution < 1.29 is 0 Å². The Balaban J connectivity index is 3.00. The molecule has 0 saturated carbocycles. The standard InChI is InChI=1S/C13H23N3S/c1-8(2)12-10(5)15-11(7-17-9(3)4)16-13(12)14-6/h8-9H,7H2,1-6H3,(H,14,15,16). The van der Waals surface area contributed by atoms with E-state index in [0.717, 1.165) is 23.1 Å². The molecule has 0 amide bonds. The second-order valence-corrected chi connectivity index (χ2v) is 6.32. The molecule has 0 aromatic carbocycles. The molecule has 0 atom stereocenters. The van der Waals surface area contributed by atoms with Crippen molar-refractivity contribution in [3.05, 3.63) is 17.1 Å². The van der Waals surface area contributed by atoms with Gasteiger partial charge in [-0.15, -0.1) is 0 Å². The first kappa shape index (κ1) is 14.3. The highest BCUT2D eigenvalue weighted by Gasteiger charge is 2.13. The van der Waals surface area contributed by atoms with Gasteiger partial charge in [-0.1, -0.05) is 27.7 Å². The van der Waals surface area contributed by atoms with Crippen molar-refractivity contribution in [2.24, 2.45) is 0 Å². The summed E-state index contributed by atoms with van der Waals surface area (Å²) in [6.07, 6.45) is 0. The van der Waals surface area contributed by atoms with Gasteiger partial charge in [-0.05, 0) is 18.1 Å². The molecule has 0 radical (unpaired) electrons. The van der Waals surface area contributed by atoms with Crippen LogP contribution in [0.2, 0.25) is 0 Å². The van der Waals surface area contributed by atoms with Crippen LogP contribution in [0.3, 0.4) is 0 Å². The molecule has 0 aliphatic rings. The molecule has 0 fully saturated rings. The molecule has 1 heterocycles. The van der Waals surface area contributed by atoms with Crippen LogP contribution in [0.5, 0.6) is 0 Å². The quantitative estimate of drug-likeness (QED) is 0.870. The van der Waals surface area contributed by atoms with Gasteiger partial charge in [0.05, 0.1) is 5.75 Å². The van der Waals surface area contributed by atoms with Crippen LogP contribution in [0, 0.1) is 6.92 Å². The lowest BCUT2D eigenvalue weighted by atomic mass is 10.0. The van der Waals surface area contributed by atoms with Crippen molar-refractivity contribution in [3.63, 3.8) is 0 Å². The molecule has 0 aliphatic carbocycles. The van der Waals surface area contributed by atoms with Crippen molar-refractivity contribution in [2.45, 2.75) is 51.5 Å². The van der Waals surface area contributed by atoms with E-state index in [1.807, 2.05) is 18.8 Å². The lowest BCUT2D eigenvalue weighted by Crippen LogP contribution is -2.08. The van der Waals surface area contributed by atoms with E-state index >= 15 is 0 Å². The fraction of sp³-hybridized carbons (Fsp3) is 0.692. The minimum Gasteiger partial charge on any atom is -0.373 e. The van der Waals surface area contributed by atoms with Gasteiger partial charge in [0.2, 0.25) is 0 Å². The van der Waals surface area contributed by atoms with Gasteiger partial charge in [-0.2, -0.15) is 11.8 Å². The Bertz CT molecular complexity index is 375. The van der Waals surface area contributed by atoms with E-state index in [1.54, 1.807) is 0 Å². The van der Waals surface area contributed by atoms with E-state index in [1.165, 1.54) is 5.56 Å². The Kier molecular flexibility index (Phi) is 5.25. The highest BCUT2D eigenvalue weighted by molar-refractivity contribution is 7.99. The summed E-state index contributed by atoms with van der Waals surface area (Å²) in [5, 5.41) is 3.80. The van der Waals surface area contributed by atoms with E-state index in [0.29, 0.717) is 11.2 Å². The minimum atomic E-state index is 0.448. The summed E-state index contributed by atoms with van der Waals surface area (Å²) in [4.78, 5) is 9.21. The third-order valence-electron chi connectivity index (χ3n) is 2.54. The molecule has 1 rings (SSSR count). The summed E-state index contributed by atoms with van der Waals surface area (Å²) in [7, 11) is 1.92. The zero-order chi connectivity index (χ0) is 13.0. The van der Waals surface area contributed by atoms with E-state index in [-0.39, 0.29) is 0 Å². The molecule has 0 bridgehead atoms. The van der Waals surface area contributed by atoms with Crippen molar-refractivity contribution in [3.8, 4) is 0 Å². The van der Waals surface area contributed by atoms with Gasteiger partial charge in [0, 0.05) is 18.3 Å². The zero-order valence-electron chi connectivity index (χ0n) is 11.7. The van der Waals surface area contributed by atoms with Gasteiger partial charge in [-0.25, -0.2) is 9.97 Å². The number of nitrogens with one attached hydrogen (secondary N) is 1. The number of rotatable bonds is 5. The molecule has 0 saturated heterocycles. The van der Waals surface area contributed by atoms with Gasteiger partial charge >= 0.3 is 0 Å². The van der Waals surface area contributed by atoms with Crippen LogP contribution in [0.4, 0.5) is 5.82 Å². The number of hydrogen-bond donors (Lipinski definition) is 1. The maximum absolute atomic E-state index is 4.60. The van der Waals surface area contributed by atoms with E-state index < -0.39 is 0 Å². The maximum atomic E-state index is 4.60. The smallest absolute Gasteiger partial charge is 0.140 e. The SMILES string of the molecule is CNc1nc(CSC(C)C)nc(C)c1C(C)C. The molecule has 3 nitrogen and oxygen atoms in total. The summed E-state index contributed by atoms with van der Waals surface area (Å²) in [5.41, 5.74) is 2.32. The van der Waals surface area contributed by atoms with Crippen LogP contribution in [-0.4, -0.2) is 22.3 Å². The minimum absolute atomic E-state index is 0.448. The fourth-order valence-electron chi connectivity index (χ4n) is 1.83. The Morgan fingerprint density at radius 1 is 1.18 bits per heavy atom. The number of aromatic nitrogens is 2. The summed E-state index contributed by atoms with van der Waals surface area (Å²) in [5.74, 6) is 3.23. The second kappa shape index (κ2) is 6.24. The van der Waals surface area contributed by atoms with Crippen LogP contribution in [0.15, 0.2) is 0 Å². The molecule has 96 valence electrons. The number of aryl methyl sites for hydroxylation is 1. The largest absolute Gasteiger partial charge is 0.373 e. The lowest BCUT2D eigenvalue weighted by Gasteiger charge is -2.15. The van der Waals surface area contributed by atoms with Gasteiger partial charge in [-0.3, -0.25) is 0 Å². The Labute approximate surface area is 109 Å². The van der Waals surface area contributed by atoms with E-state index in [4.69, 9.17) is 0 Å².